The van der Waals surface area contributed by atoms with E-state index in [-0.39, 0.29) is 5.91 Å². The molecule has 0 bridgehead atoms. The van der Waals surface area contributed by atoms with Crippen LogP contribution in [0.15, 0.2) is 72.8 Å². The van der Waals surface area contributed by atoms with E-state index in [4.69, 9.17) is 0 Å². The van der Waals surface area contributed by atoms with Gasteiger partial charge in [-0.25, -0.2) is 0 Å². The molecule has 29 heavy (non-hydrogen) atoms. The van der Waals surface area contributed by atoms with Gasteiger partial charge in [0.15, 0.2) is 0 Å². The number of carbonyl (C=O) groups is 1. The molecule has 0 saturated carbocycles. The normalized spacial score (nSPS) is 16.2. The molecule has 1 amide bonds. The molecule has 5 rings (SSSR count). The summed E-state index contributed by atoms with van der Waals surface area (Å²) < 4.78 is 0. The van der Waals surface area contributed by atoms with Gasteiger partial charge in [0.2, 0.25) is 0 Å². The van der Waals surface area contributed by atoms with Gasteiger partial charge in [0.05, 0.1) is 11.4 Å². The molecule has 0 atom stereocenters. The first-order valence-electron chi connectivity index (χ1n) is 10.6. The quantitative estimate of drug-likeness (QED) is 0.609. The molecule has 146 valence electrons. The van der Waals surface area contributed by atoms with Gasteiger partial charge in [0.1, 0.15) is 0 Å². The van der Waals surface area contributed by atoms with Crippen LogP contribution < -0.4 is 4.90 Å². The number of hydrogen-bond acceptors (Lipinski definition) is 2. The Morgan fingerprint density at radius 2 is 1.28 bits per heavy atom. The van der Waals surface area contributed by atoms with Crippen molar-refractivity contribution >= 4 is 17.3 Å². The molecule has 1 fully saturated rings. The Labute approximate surface area is 172 Å². The second-order valence-electron chi connectivity index (χ2n) is 8.04. The van der Waals surface area contributed by atoms with Gasteiger partial charge >= 0.3 is 0 Å². The monoisotopic (exact) mass is 382 g/mol. The number of hydrogen-bond donors (Lipinski definition) is 0. The van der Waals surface area contributed by atoms with E-state index in [0.29, 0.717) is 0 Å². The zero-order chi connectivity index (χ0) is 19.6. The van der Waals surface area contributed by atoms with E-state index in [1.165, 1.54) is 24.0 Å². The van der Waals surface area contributed by atoms with Gasteiger partial charge in [-0.2, -0.15) is 0 Å². The summed E-state index contributed by atoms with van der Waals surface area (Å²) in [6.45, 7) is 3.09. The summed E-state index contributed by atoms with van der Waals surface area (Å²) in [4.78, 5) is 18.4. The molecule has 0 aromatic heterocycles. The standard InChI is InChI=1S/C26H26N2O/c29-26(23-12-4-1-11-22(23)19-27-17-7-8-18-27)28-24-13-5-2-9-20(24)15-16-21-10-3-6-14-25(21)28/h1-6,9-14H,7-8,15-19H2. The minimum atomic E-state index is 0.0709. The first-order valence-corrected chi connectivity index (χ1v) is 10.6. The molecule has 3 nitrogen and oxygen atoms in total. The number of benzene rings is 3. The van der Waals surface area contributed by atoms with Crippen LogP contribution in [0.25, 0.3) is 0 Å². The first kappa shape index (κ1) is 18.1. The Bertz CT molecular complexity index is 989. The molecule has 3 aromatic carbocycles. The molecule has 0 N–H and O–H groups in total. The third-order valence-electron chi connectivity index (χ3n) is 6.17. The minimum absolute atomic E-state index is 0.0709. The second kappa shape index (κ2) is 7.84. The average Bonchev–Trinajstić information content (AvgIpc) is 3.21. The predicted molar refractivity (Wildman–Crippen MR) is 118 cm³/mol. The van der Waals surface area contributed by atoms with Gasteiger partial charge < -0.3 is 0 Å². The van der Waals surface area contributed by atoms with E-state index in [1.54, 1.807) is 0 Å². The second-order valence-corrected chi connectivity index (χ2v) is 8.04. The zero-order valence-corrected chi connectivity index (χ0v) is 16.7. The van der Waals surface area contributed by atoms with Crippen molar-refractivity contribution in [2.45, 2.75) is 32.2 Å². The number of anilines is 2. The summed E-state index contributed by atoms with van der Waals surface area (Å²) in [6, 6.07) is 24.8. The van der Waals surface area contributed by atoms with E-state index < -0.39 is 0 Å². The Morgan fingerprint density at radius 1 is 0.724 bits per heavy atom. The van der Waals surface area contributed by atoms with Crippen molar-refractivity contribution in [1.82, 2.24) is 4.90 Å². The number of carbonyl (C=O) groups excluding carboxylic acids is 1. The van der Waals surface area contributed by atoms with Crippen molar-refractivity contribution in [3.05, 3.63) is 95.1 Å². The van der Waals surface area contributed by atoms with Crippen LogP contribution in [-0.4, -0.2) is 23.9 Å². The third kappa shape index (κ3) is 3.47. The van der Waals surface area contributed by atoms with Gasteiger partial charge in [-0.3, -0.25) is 14.6 Å². The molecular formula is C26H26N2O. The van der Waals surface area contributed by atoms with Gasteiger partial charge in [-0.05, 0) is 73.7 Å². The minimum Gasteiger partial charge on any atom is -0.299 e. The van der Waals surface area contributed by atoms with Crippen LogP contribution in [0.3, 0.4) is 0 Å². The summed E-state index contributed by atoms with van der Waals surface area (Å²) >= 11 is 0. The van der Waals surface area contributed by atoms with E-state index in [0.717, 1.165) is 55.0 Å². The largest absolute Gasteiger partial charge is 0.299 e. The van der Waals surface area contributed by atoms with Crippen molar-refractivity contribution < 1.29 is 4.79 Å². The highest BCUT2D eigenvalue weighted by Crippen LogP contribution is 2.37. The van der Waals surface area contributed by atoms with Gasteiger partial charge in [0.25, 0.3) is 5.91 Å². The summed E-state index contributed by atoms with van der Waals surface area (Å²) in [5.74, 6) is 0.0709. The van der Waals surface area contributed by atoms with Crippen molar-refractivity contribution in [2.75, 3.05) is 18.0 Å². The lowest BCUT2D eigenvalue weighted by atomic mass is 10.0. The molecular weight excluding hydrogens is 356 g/mol. The van der Waals surface area contributed by atoms with E-state index >= 15 is 0 Å². The Morgan fingerprint density at radius 3 is 1.93 bits per heavy atom. The summed E-state index contributed by atoms with van der Waals surface area (Å²) in [5, 5.41) is 0. The lowest BCUT2D eigenvalue weighted by Crippen LogP contribution is -2.29. The molecule has 0 unspecified atom stereocenters. The highest BCUT2D eigenvalue weighted by molar-refractivity contribution is 6.12. The van der Waals surface area contributed by atoms with Crippen molar-refractivity contribution in [1.29, 1.82) is 0 Å². The van der Waals surface area contributed by atoms with Crippen LogP contribution >= 0.6 is 0 Å². The van der Waals surface area contributed by atoms with Crippen LogP contribution in [0.1, 0.15) is 39.9 Å². The third-order valence-corrected chi connectivity index (χ3v) is 6.17. The summed E-state index contributed by atoms with van der Waals surface area (Å²) in [6.07, 6.45) is 4.41. The van der Waals surface area contributed by atoms with Crippen LogP contribution in [-0.2, 0) is 19.4 Å². The van der Waals surface area contributed by atoms with Crippen LogP contribution in [0, 0.1) is 0 Å². The fourth-order valence-electron chi connectivity index (χ4n) is 4.67. The van der Waals surface area contributed by atoms with Crippen LogP contribution in [0.2, 0.25) is 0 Å². The Balaban J connectivity index is 1.60. The SMILES string of the molecule is O=C(c1ccccc1CN1CCCC1)N1c2ccccc2CCc2ccccc21. The van der Waals surface area contributed by atoms with E-state index in [2.05, 4.69) is 47.4 Å². The molecule has 2 heterocycles. The fraction of sp³-hybridized carbons (Fsp3) is 0.269. The molecule has 3 heteroatoms. The number of aryl methyl sites for hydroxylation is 2. The molecule has 0 radical (unpaired) electrons. The van der Waals surface area contributed by atoms with Gasteiger partial charge in [-0.1, -0.05) is 54.6 Å². The summed E-state index contributed by atoms with van der Waals surface area (Å²) in [7, 11) is 0. The molecule has 2 aliphatic rings. The van der Waals surface area contributed by atoms with Crippen LogP contribution in [0.4, 0.5) is 11.4 Å². The maximum Gasteiger partial charge on any atom is 0.263 e. The van der Waals surface area contributed by atoms with Crippen molar-refractivity contribution in [3.63, 3.8) is 0 Å². The van der Waals surface area contributed by atoms with E-state index in [1.807, 2.05) is 35.2 Å². The zero-order valence-electron chi connectivity index (χ0n) is 16.7. The number of fused-ring (bicyclic) bond motifs is 2. The number of likely N-dealkylation sites (tertiary alicyclic amines) is 1. The van der Waals surface area contributed by atoms with Crippen molar-refractivity contribution in [2.24, 2.45) is 0 Å². The highest BCUT2D eigenvalue weighted by atomic mass is 16.2. The fourth-order valence-corrected chi connectivity index (χ4v) is 4.67. The Hall–Kier alpha value is -2.91. The lowest BCUT2D eigenvalue weighted by molar-refractivity contribution is 0.0997. The van der Waals surface area contributed by atoms with Gasteiger partial charge in [0, 0.05) is 12.1 Å². The number of para-hydroxylation sites is 2. The molecule has 0 spiro atoms. The molecule has 0 aliphatic carbocycles. The Kier molecular flexibility index (Phi) is 4.91. The van der Waals surface area contributed by atoms with Crippen LogP contribution in [0.5, 0.6) is 0 Å². The molecule has 1 saturated heterocycles. The average molecular weight is 383 g/mol. The lowest BCUT2D eigenvalue weighted by Gasteiger charge is -2.26. The highest BCUT2D eigenvalue weighted by Gasteiger charge is 2.28. The number of amides is 1. The maximum absolute atomic E-state index is 14.0. The predicted octanol–water partition coefficient (Wildman–Crippen LogP) is 5.36. The maximum atomic E-state index is 14.0. The first-order chi connectivity index (χ1) is 14.3. The van der Waals surface area contributed by atoms with Gasteiger partial charge in [-0.15, -0.1) is 0 Å². The number of nitrogens with zero attached hydrogens (tertiary/aromatic N) is 2. The van der Waals surface area contributed by atoms with E-state index in [9.17, 15) is 4.79 Å². The summed E-state index contributed by atoms with van der Waals surface area (Å²) in [5.41, 5.74) is 6.42. The van der Waals surface area contributed by atoms with Crippen molar-refractivity contribution in [3.8, 4) is 0 Å². The number of rotatable bonds is 3. The molecule has 2 aliphatic heterocycles. The smallest absolute Gasteiger partial charge is 0.263 e. The molecule has 3 aromatic rings. The topological polar surface area (TPSA) is 23.6 Å².